The summed E-state index contributed by atoms with van der Waals surface area (Å²) in [5.41, 5.74) is 6.21. The molecule has 2 aromatic carbocycles. The Kier molecular flexibility index (Phi) is 9.83. The fourth-order valence-electron chi connectivity index (χ4n) is 4.50. The molecule has 2 heteroatoms. The summed E-state index contributed by atoms with van der Waals surface area (Å²) in [6, 6.07) is 9.15. The van der Waals surface area contributed by atoms with E-state index in [9.17, 15) is 0 Å². The van der Waals surface area contributed by atoms with E-state index in [1.165, 1.54) is 11.1 Å². The zero-order valence-electron chi connectivity index (χ0n) is 24.6. The molecule has 2 rings (SSSR count). The van der Waals surface area contributed by atoms with Crippen LogP contribution in [0.15, 0.2) is 74.9 Å². The highest BCUT2D eigenvalue weighted by Crippen LogP contribution is 2.41. The molecule has 0 aliphatic heterocycles. The van der Waals surface area contributed by atoms with Gasteiger partial charge in [0.05, 0.1) is 0 Å². The molecule has 0 amide bonds. The van der Waals surface area contributed by atoms with Crippen molar-refractivity contribution in [2.75, 3.05) is 0 Å². The van der Waals surface area contributed by atoms with Crippen molar-refractivity contribution in [2.24, 2.45) is 0 Å². The van der Waals surface area contributed by atoms with Gasteiger partial charge < -0.3 is 9.47 Å². The van der Waals surface area contributed by atoms with Crippen LogP contribution in [-0.2, 0) is 31.1 Å². The largest absolute Gasteiger partial charge is 0.488 e. The number of hydrogen-bond donors (Lipinski definition) is 0. The van der Waals surface area contributed by atoms with Gasteiger partial charge in [-0.3, -0.25) is 0 Å². The average molecular weight is 501 g/mol. The van der Waals surface area contributed by atoms with Crippen LogP contribution in [0.25, 0.3) is 0 Å². The van der Waals surface area contributed by atoms with Gasteiger partial charge in [0.2, 0.25) is 0 Å². The van der Waals surface area contributed by atoms with Crippen LogP contribution in [0.5, 0.6) is 11.5 Å². The summed E-state index contributed by atoms with van der Waals surface area (Å²) in [6.07, 6.45) is 10.7. The first kappa shape index (κ1) is 30.2. The van der Waals surface area contributed by atoms with Gasteiger partial charge in [0, 0.05) is 5.41 Å². The molecule has 0 aliphatic rings. The lowest BCUT2D eigenvalue weighted by molar-refractivity contribution is 0.128. The maximum atomic E-state index is 6.47. The minimum absolute atomic E-state index is 0.266. The lowest BCUT2D eigenvalue weighted by atomic mass is 9.75. The molecule has 0 aliphatic carbocycles. The molecule has 0 aromatic heterocycles. The number of rotatable bonds is 12. The van der Waals surface area contributed by atoms with E-state index < -0.39 is 0 Å². The van der Waals surface area contributed by atoms with Crippen LogP contribution in [0.3, 0.4) is 0 Å². The first-order valence-corrected chi connectivity index (χ1v) is 13.3. The maximum Gasteiger partial charge on any atom is 0.127 e. The van der Waals surface area contributed by atoms with Crippen molar-refractivity contribution in [1.29, 1.82) is 0 Å². The van der Waals surface area contributed by atoms with Gasteiger partial charge in [-0.25, -0.2) is 0 Å². The summed E-state index contributed by atoms with van der Waals surface area (Å²) in [4.78, 5) is 0. The molecule has 0 saturated heterocycles. The molecule has 0 radical (unpaired) electrons. The van der Waals surface area contributed by atoms with Gasteiger partial charge in [0.15, 0.2) is 0 Å². The van der Waals surface area contributed by atoms with Crippen LogP contribution >= 0.6 is 0 Å². The second-order valence-corrected chi connectivity index (χ2v) is 12.3. The summed E-state index contributed by atoms with van der Waals surface area (Å²) in [6.45, 7) is 33.2. The van der Waals surface area contributed by atoms with Crippen LogP contribution < -0.4 is 9.47 Å². The van der Waals surface area contributed by atoms with Crippen molar-refractivity contribution in [2.45, 2.75) is 97.7 Å². The van der Waals surface area contributed by atoms with Crippen LogP contribution in [-0.4, -0.2) is 11.2 Å². The molecule has 0 atom stereocenters. The second-order valence-electron chi connectivity index (χ2n) is 12.3. The molecule has 0 fully saturated rings. The Hall–Kier alpha value is -3.00. The Labute approximate surface area is 226 Å². The summed E-state index contributed by atoms with van der Waals surface area (Å²) >= 11 is 0. The van der Waals surface area contributed by atoms with E-state index in [0.717, 1.165) is 59.4 Å². The molecule has 2 aromatic rings. The molecule has 0 saturated carbocycles. The van der Waals surface area contributed by atoms with Gasteiger partial charge in [0.25, 0.3) is 0 Å². The lowest BCUT2D eigenvalue weighted by Crippen LogP contribution is -2.26. The van der Waals surface area contributed by atoms with Gasteiger partial charge in [-0.15, -0.1) is 26.3 Å². The van der Waals surface area contributed by atoms with E-state index in [1.54, 1.807) is 0 Å². The Morgan fingerprint density at radius 2 is 0.757 bits per heavy atom. The third-order valence-electron chi connectivity index (χ3n) is 6.20. The molecule has 0 bridgehead atoms. The highest BCUT2D eigenvalue weighted by Gasteiger charge is 2.29. The van der Waals surface area contributed by atoms with Crippen molar-refractivity contribution in [3.63, 3.8) is 0 Å². The average Bonchev–Trinajstić information content (AvgIpc) is 2.76. The standard InChI is InChI=1S/C35H48O2/c1-13-17-25-21-29(22-26(18-14-2)31(25)36-33(5,6)7)35(11,12)30-23-27(19-15-3)32(37-34(8,9)10)28(24-30)20-16-4/h13-16,21-24H,1-4,17-20H2,5-12H3. The quantitative estimate of drug-likeness (QED) is 0.270. The zero-order valence-corrected chi connectivity index (χ0v) is 24.6. The number of allylic oxidation sites excluding steroid dienone is 4. The Balaban J connectivity index is 2.81. The minimum atomic E-state index is -0.301. The smallest absolute Gasteiger partial charge is 0.127 e. The van der Waals surface area contributed by atoms with E-state index in [4.69, 9.17) is 9.47 Å². The van der Waals surface area contributed by atoms with Crippen molar-refractivity contribution >= 4 is 0 Å². The molecule has 2 nitrogen and oxygen atoms in total. The second kappa shape index (κ2) is 12.0. The monoisotopic (exact) mass is 500 g/mol. The molecule has 0 spiro atoms. The third kappa shape index (κ3) is 7.99. The van der Waals surface area contributed by atoms with Crippen LogP contribution in [0, 0.1) is 0 Å². The Morgan fingerprint density at radius 3 is 0.946 bits per heavy atom. The van der Waals surface area contributed by atoms with Crippen molar-refractivity contribution < 1.29 is 9.47 Å². The van der Waals surface area contributed by atoms with Crippen molar-refractivity contribution in [1.82, 2.24) is 0 Å². The number of benzene rings is 2. The molecule has 37 heavy (non-hydrogen) atoms. The molecule has 200 valence electrons. The maximum absolute atomic E-state index is 6.47. The molecular formula is C35H48O2. The summed E-state index contributed by atoms with van der Waals surface area (Å²) in [7, 11) is 0. The van der Waals surface area contributed by atoms with E-state index in [2.05, 4.69) is 106 Å². The zero-order chi connectivity index (χ0) is 28.0. The molecule has 0 heterocycles. The fourth-order valence-corrected chi connectivity index (χ4v) is 4.50. The molecule has 0 unspecified atom stereocenters. The fraction of sp³-hybridized carbons (Fsp3) is 0.429. The van der Waals surface area contributed by atoms with E-state index in [-0.39, 0.29) is 16.6 Å². The van der Waals surface area contributed by atoms with Gasteiger partial charge >= 0.3 is 0 Å². The van der Waals surface area contributed by atoms with E-state index in [1.807, 2.05) is 24.3 Å². The van der Waals surface area contributed by atoms with Gasteiger partial charge in [-0.05, 0) is 101 Å². The highest BCUT2D eigenvalue weighted by molar-refractivity contribution is 5.54. The van der Waals surface area contributed by atoms with Crippen LogP contribution in [0.1, 0.15) is 88.8 Å². The number of hydrogen-bond acceptors (Lipinski definition) is 2. The SMILES string of the molecule is C=CCc1cc(C(C)(C)c2cc(CC=C)c(OC(C)(C)C)c(CC=C)c2)cc(CC=C)c1OC(C)(C)C. The van der Waals surface area contributed by atoms with Crippen LogP contribution in [0.2, 0.25) is 0 Å². The lowest BCUT2D eigenvalue weighted by Gasteiger charge is -2.32. The topological polar surface area (TPSA) is 18.5 Å². The predicted molar refractivity (Wildman–Crippen MR) is 161 cm³/mol. The summed E-state index contributed by atoms with van der Waals surface area (Å²) in [5.74, 6) is 1.89. The predicted octanol–water partition coefficient (Wildman–Crippen LogP) is 9.28. The summed E-state index contributed by atoms with van der Waals surface area (Å²) < 4.78 is 12.9. The van der Waals surface area contributed by atoms with Gasteiger partial charge in [-0.2, -0.15) is 0 Å². The highest BCUT2D eigenvalue weighted by atomic mass is 16.5. The first-order valence-electron chi connectivity index (χ1n) is 13.3. The van der Waals surface area contributed by atoms with Crippen LogP contribution in [0.4, 0.5) is 0 Å². The Bertz CT molecular complexity index is 981. The van der Waals surface area contributed by atoms with Crippen molar-refractivity contribution in [3.8, 4) is 11.5 Å². The Morgan fingerprint density at radius 1 is 0.514 bits per heavy atom. The summed E-state index contributed by atoms with van der Waals surface area (Å²) in [5, 5.41) is 0. The van der Waals surface area contributed by atoms with E-state index in [0.29, 0.717) is 0 Å². The van der Waals surface area contributed by atoms with Crippen molar-refractivity contribution in [3.05, 3.63) is 108 Å². The number of ether oxygens (including phenoxy) is 2. The molecule has 0 N–H and O–H groups in total. The minimum Gasteiger partial charge on any atom is -0.488 e. The first-order chi connectivity index (χ1) is 17.2. The third-order valence-corrected chi connectivity index (χ3v) is 6.20. The van der Waals surface area contributed by atoms with Gasteiger partial charge in [-0.1, -0.05) is 62.4 Å². The van der Waals surface area contributed by atoms with Gasteiger partial charge in [0.1, 0.15) is 22.7 Å². The van der Waals surface area contributed by atoms with E-state index >= 15 is 0 Å². The normalized spacial score (nSPS) is 12.1. The molecular weight excluding hydrogens is 452 g/mol.